The van der Waals surface area contributed by atoms with Crippen molar-refractivity contribution in [3.63, 3.8) is 0 Å². The van der Waals surface area contributed by atoms with E-state index in [0.717, 1.165) is 24.8 Å². The number of nitrogens with zero attached hydrogens (tertiary/aromatic N) is 1. The van der Waals surface area contributed by atoms with Gasteiger partial charge in [0.2, 0.25) is 12.3 Å². The number of rotatable bonds is 12. The molecule has 198 valence electrons. The van der Waals surface area contributed by atoms with Crippen LogP contribution in [-0.4, -0.2) is 59.3 Å². The number of hydrogen-bond donors (Lipinski definition) is 4. The fourth-order valence-corrected chi connectivity index (χ4v) is 3.78. The Morgan fingerprint density at radius 2 is 1.49 bits per heavy atom. The molecule has 37 heavy (non-hydrogen) atoms. The van der Waals surface area contributed by atoms with E-state index in [1.165, 1.54) is 15.9 Å². The van der Waals surface area contributed by atoms with Crippen LogP contribution in [0.5, 0.6) is 0 Å². The molecule has 10 nitrogen and oxygen atoms in total. The second kappa shape index (κ2) is 15.1. The highest BCUT2D eigenvalue weighted by Crippen LogP contribution is 2.22. The molecule has 0 saturated heterocycles. The van der Waals surface area contributed by atoms with Gasteiger partial charge in [-0.3, -0.25) is 34.1 Å². The average molecular weight is 511 g/mol. The van der Waals surface area contributed by atoms with E-state index >= 15 is 0 Å². The second-order valence-electron chi connectivity index (χ2n) is 8.49. The number of benzene rings is 2. The van der Waals surface area contributed by atoms with Crippen LogP contribution in [0.25, 0.3) is 0 Å². The summed E-state index contributed by atoms with van der Waals surface area (Å²) in [6.45, 7) is 4.50. The van der Waals surface area contributed by atoms with Crippen molar-refractivity contribution in [1.82, 2.24) is 21.0 Å². The van der Waals surface area contributed by atoms with Gasteiger partial charge in [0, 0.05) is 19.5 Å². The van der Waals surface area contributed by atoms with E-state index in [-0.39, 0.29) is 30.7 Å². The zero-order valence-electron chi connectivity index (χ0n) is 21.2. The van der Waals surface area contributed by atoms with Crippen LogP contribution in [-0.2, 0) is 27.2 Å². The number of nitrogens with one attached hydrogen (secondary N) is 3. The predicted octanol–water partition coefficient (Wildman–Crippen LogP) is 2.00. The molecule has 4 N–H and O–H groups in total. The summed E-state index contributed by atoms with van der Waals surface area (Å²) in [5.74, 6) is -1.34. The van der Waals surface area contributed by atoms with Crippen molar-refractivity contribution in [2.45, 2.75) is 52.0 Å². The van der Waals surface area contributed by atoms with Crippen molar-refractivity contribution in [3.8, 4) is 0 Å². The second-order valence-corrected chi connectivity index (χ2v) is 8.49. The lowest BCUT2D eigenvalue weighted by molar-refractivity contribution is -0.133. The SMILES string of the molecule is CCCN1C(=O)c2ccccc2C1=O.CCCc1ccc(CCC(=O)NC[C@H](NC=O)C(=O)NO)cc1. The summed E-state index contributed by atoms with van der Waals surface area (Å²) in [4.78, 5) is 58.1. The van der Waals surface area contributed by atoms with E-state index in [1.807, 2.05) is 19.1 Å². The van der Waals surface area contributed by atoms with Gasteiger partial charge >= 0.3 is 0 Å². The van der Waals surface area contributed by atoms with Gasteiger partial charge in [-0.2, -0.15) is 0 Å². The van der Waals surface area contributed by atoms with Crippen LogP contribution in [0, 0.1) is 0 Å². The van der Waals surface area contributed by atoms with Gasteiger partial charge in [0.05, 0.1) is 11.1 Å². The predicted molar refractivity (Wildman–Crippen MR) is 137 cm³/mol. The smallest absolute Gasteiger partial charge is 0.267 e. The fourth-order valence-electron chi connectivity index (χ4n) is 3.78. The number of aryl methyl sites for hydroxylation is 2. The molecule has 1 aliphatic rings. The molecular formula is C27H34N4O6. The summed E-state index contributed by atoms with van der Waals surface area (Å²) in [6, 6.07) is 14.1. The molecule has 0 aromatic heterocycles. The Morgan fingerprint density at radius 1 is 0.919 bits per heavy atom. The first-order chi connectivity index (χ1) is 17.9. The van der Waals surface area contributed by atoms with Crippen LogP contribution in [0.2, 0.25) is 0 Å². The Labute approximate surface area is 216 Å². The van der Waals surface area contributed by atoms with E-state index in [2.05, 4.69) is 29.7 Å². The zero-order chi connectivity index (χ0) is 27.2. The van der Waals surface area contributed by atoms with E-state index in [9.17, 15) is 24.0 Å². The number of carbonyl (C=O) groups is 5. The molecule has 0 radical (unpaired) electrons. The van der Waals surface area contributed by atoms with Crippen molar-refractivity contribution < 1.29 is 29.2 Å². The molecule has 2 aromatic carbocycles. The van der Waals surface area contributed by atoms with E-state index in [4.69, 9.17) is 5.21 Å². The number of fused-ring (bicyclic) bond motifs is 1. The van der Waals surface area contributed by atoms with Crippen molar-refractivity contribution in [2.75, 3.05) is 13.1 Å². The molecule has 0 aliphatic carbocycles. The molecule has 5 amide bonds. The monoisotopic (exact) mass is 510 g/mol. The van der Waals surface area contributed by atoms with Gasteiger partial charge in [0.15, 0.2) is 0 Å². The molecule has 1 aliphatic heterocycles. The number of hydroxylamine groups is 1. The first-order valence-electron chi connectivity index (χ1n) is 12.3. The summed E-state index contributed by atoms with van der Waals surface area (Å²) >= 11 is 0. The van der Waals surface area contributed by atoms with E-state index in [1.54, 1.807) is 24.3 Å². The lowest BCUT2D eigenvalue weighted by atomic mass is 10.0. The Kier molecular flexibility index (Phi) is 11.9. The average Bonchev–Trinajstić information content (AvgIpc) is 3.16. The van der Waals surface area contributed by atoms with Crippen LogP contribution in [0.15, 0.2) is 48.5 Å². The van der Waals surface area contributed by atoms with Crippen LogP contribution < -0.4 is 16.1 Å². The zero-order valence-corrected chi connectivity index (χ0v) is 21.2. The molecule has 3 rings (SSSR count). The minimum atomic E-state index is -1.00. The summed E-state index contributed by atoms with van der Waals surface area (Å²) in [6.07, 6.45) is 4.14. The maximum absolute atomic E-state index is 11.8. The van der Waals surface area contributed by atoms with Crippen molar-refractivity contribution >= 4 is 30.0 Å². The van der Waals surface area contributed by atoms with Gasteiger partial charge in [0.1, 0.15) is 6.04 Å². The highest BCUT2D eigenvalue weighted by Gasteiger charge is 2.34. The summed E-state index contributed by atoms with van der Waals surface area (Å²) in [5.41, 5.74) is 4.84. The maximum atomic E-state index is 11.8. The third-order valence-electron chi connectivity index (χ3n) is 5.73. The Balaban J connectivity index is 0.000000291. The van der Waals surface area contributed by atoms with E-state index < -0.39 is 11.9 Å². The van der Waals surface area contributed by atoms with Crippen molar-refractivity contribution in [3.05, 3.63) is 70.8 Å². The van der Waals surface area contributed by atoms with Crippen LogP contribution in [0.3, 0.4) is 0 Å². The molecule has 0 spiro atoms. The Morgan fingerprint density at radius 3 is 1.97 bits per heavy atom. The van der Waals surface area contributed by atoms with Gasteiger partial charge in [-0.1, -0.05) is 56.7 Å². The highest BCUT2D eigenvalue weighted by molar-refractivity contribution is 6.21. The molecule has 1 heterocycles. The molecule has 0 fully saturated rings. The van der Waals surface area contributed by atoms with Gasteiger partial charge in [-0.15, -0.1) is 0 Å². The molecule has 2 aromatic rings. The maximum Gasteiger partial charge on any atom is 0.267 e. The first-order valence-corrected chi connectivity index (χ1v) is 12.3. The summed E-state index contributed by atoms with van der Waals surface area (Å²) in [7, 11) is 0. The summed E-state index contributed by atoms with van der Waals surface area (Å²) < 4.78 is 0. The third-order valence-corrected chi connectivity index (χ3v) is 5.73. The number of imide groups is 1. The Bertz CT molecular complexity index is 1050. The minimum absolute atomic E-state index is 0.0839. The van der Waals surface area contributed by atoms with Gasteiger partial charge in [-0.05, 0) is 42.5 Å². The molecule has 0 bridgehead atoms. The fraction of sp³-hybridized carbons (Fsp3) is 0.370. The number of hydrogen-bond acceptors (Lipinski definition) is 6. The normalized spacial score (nSPS) is 12.7. The molecular weight excluding hydrogens is 476 g/mol. The van der Waals surface area contributed by atoms with Crippen LogP contribution in [0.4, 0.5) is 0 Å². The molecule has 10 heteroatoms. The van der Waals surface area contributed by atoms with Gasteiger partial charge in [-0.25, -0.2) is 5.48 Å². The molecule has 0 saturated carbocycles. The molecule has 1 atom stereocenters. The minimum Gasteiger partial charge on any atom is -0.353 e. The quantitative estimate of drug-likeness (QED) is 0.149. The standard InChI is InChI=1S/C16H23N3O4.C11H11NO2/c1-2-3-12-4-6-13(7-5-12)8-9-15(21)17-10-14(18-11-20)16(22)19-23;1-2-7-12-10(13)8-5-3-4-6-9(8)11(12)14/h4-7,11,14,23H,2-3,8-10H2,1H3,(H,17,21)(H,18,20)(H,19,22);3-6H,2,7H2,1H3/t14-;/m0./s1. The van der Waals surface area contributed by atoms with Gasteiger partial charge < -0.3 is 10.6 Å². The van der Waals surface area contributed by atoms with E-state index in [0.29, 0.717) is 30.5 Å². The Hall–Kier alpha value is -4.05. The highest BCUT2D eigenvalue weighted by atomic mass is 16.5. The molecule has 0 unspecified atom stereocenters. The lowest BCUT2D eigenvalue weighted by Gasteiger charge is -2.14. The van der Waals surface area contributed by atoms with Crippen molar-refractivity contribution in [1.29, 1.82) is 0 Å². The first kappa shape index (κ1) is 29.2. The van der Waals surface area contributed by atoms with Crippen molar-refractivity contribution in [2.24, 2.45) is 0 Å². The lowest BCUT2D eigenvalue weighted by Crippen LogP contribution is -2.49. The topological polar surface area (TPSA) is 145 Å². The number of carbonyl (C=O) groups excluding carboxylic acids is 5. The largest absolute Gasteiger partial charge is 0.353 e. The van der Waals surface area contributed by atoms with Gasteiger partial charge in [0.25, 0.3) is 17.7 Å². The van der Waals surface area contributed by atoms with Crippen LogP contribution in [0.1, 0.15) is 65.0 Å². The summed E-state index contributed by atoms with van der Waals surface area (Å²) in [5, 5.41) is 13.3. The third kappa shape index (κ3) is 8.53. The number of amides is 5. The van der Waals surface area contributed by atoms with Crippen LogP contribution >= 0.6 is 0 Å².